The fourth-order valence-electron chi connectivity index (χ4n) is 1.04. The summed E-state index contributed by atoms with van der Waals surface area (Å²) in [5.74, 6) is 0.0420. The Kier molecular flexibility index (Phi) is 8.27. The van der Waals surface area contributed by atoms with E-state index in [0.717, 1.165) is 6.42 Å². The summed E-state index contributed by atoms with van der Waals surface area (Å²) in [6.45, 7) is 5.09. The van der Waals surface area contributed by atoms with Crippen molar-refractivity contribution in [3.63, 3.8) is 0 Å². The lowest BCUT2D eigenvalue weighted by molar-refractivity contribution is -0.123. The predicted octanol–water partition coefficient (Wildman–Crippen LogP) is -0.515. The third kappa shape index (κ3) is 6.43. The lowest BCUT2D eigenvalue weighted by Crippen LogP contribution is -2.45. The van der Waals surface area contributed by atoms with Gasteiger partial charge in [-0.2, -0.15) is 0 Å². The number of carbonyl (C=O) groups excluding carboxylic acids is 1. The third-order valence-corrected chi connectivity index (χ3v) is 2.34. The van der Waals surface area contributed by atoms with Gasteiger partial charge >= 0.3 is 0 Å². The van der Waals surface area contributed by atoms with Crippen LogP contribution in [0, 0.1) is 5.92 Å². The minimum Gasteiger partial charge on any atom is -0.394 e. The number of nitrogens with one attached hydrogen (secondary N) is 1. The molecular weight excluding hydrogens is 196 g/mol. The SMILES string of the molecule is CC[C@H](C)[C@H](N)C(=O)NCCOCCO. The summed E-state index contributed by atoms with van der Waals surface area (Å²) in [5.41, 5.74) is 5.72. The number of rotatable bonds is 8. The molecule has 0 bridgehead atoms. The van der Waals surface area contributed by atoms with Crippen molar-refractivity contribution >= 4 is 5.91 Å². The van der Waals surface area contributed by atoms with Gasteiger partial charge in [-0.05, 0) is 5.92 Å². The third-order valence-electron chi connectivity index (χ3n) is 2.34. The van der Waals surface area contributed by atoms with Gasteiger partial charge in [-0.1, -0.05) is 20.3 Å². The Morgan fingerprint density at radius 2 is 2.20 bits per heavy atom. The molecule has 0 fully saturated rings. The van der Waals surface area contributed by atoms with Gasteiger partial charge in [0.1, 0.15) is 0 Å². The number of aliphatic hydroxyl groups excluding tert-OH is 1. The second-order valence-corrected chi connectivity index (χ2v) is 3.54. The summed E-state index contributed by atoms with van der Waals surface area (Å²) >= 11 is 0. The molecule has 0 radical (unpaired) electrons. The zero-order chi connectivity index (χ0) is 11.7. The summed E-state index contributed by atoms with van der Waals surface area (Å²) in [4.78, 5) is 11.4. The van der Waals surface area contributed by atoms with Crippen LogP contribution in [0.1, 0.15) is 20.3 Å². The Morgan fingerprint density at radius 1 is 1.53 bits per heavy atom. The van der Waals surface area contributed by atoms with Crippen LogP contribution in [-0.4, -0.2) is 43.4 Å². The van der Waals surface area contributed by atoms with Crippen LogP contribution in [0.3, 0.4) is 0 Å². The van der Waals surface area contributed by atoms with Gasteiger partial charge in [-0.15, -0.1) is 0 Å². The van der Waals surface area contributed by atoms with Gasteiger partial charge in [0.15, 0.2) is 0 Å². The fourth-order valence-corrected chi connectivity index (χ4v) is 1.04. The van der Waals surface area contributed by atoms with Gasteiger partial charge in [-0.25, -0.2) is 0 Å². The minimum atomic E-state index is -0.451. The maximum Gasteiger partial charge on any atom is 0.237 e. The molecule has 0 saturated carbocycles. The molecule has 0 aromatic heterocycles. The highest BCUT2D eigenvalue weighted by atomic mass is 16.5. The van der Waals surface area contributed by atoms with Crippen molar-refractivity contribution < 1.29 is 14.6 Å². The topological polar surface area (TPSA) is 84.6 Å². The molecule has 0 aromatic carbocycles. The van der Waals surface area contributed by atoms with Crippen LogP contribution in [-0.2, 0) is 9.53 Å². The first-order valence-corrected chi connectivity index (χ1v) is 5.35. The smallest absolute Gasteiger partial charge is 0.237 e. The number of amides is 1. The average Bonchev–Trinajstić information content (AvgIpc) is 2.26. The van der Waals surface area contributed by atoms with Gasteiger partial charge in [0.2, 0.25) is 5.91 Å². The Balaban J connectivity index is 3.56. The van der Waals surface area contributed by atoms with Gasteiger partial charge in [0.05, 0.1) is 25.9 Å². The van der Waals surface area contributed by atoms with Crippen LogP contribution >= 0.6 is 0 Å². The number of hydrogen-bond donors (Lipinski definition) is 3. The van der Waals surface area contributed by atoms with E-state index in [4.69, 9.17) is 15.6 Å². The predicted molar refractivity (Wildman–Crippen MR) is 58.3 cm³/mol. The van der Waals surface area contributed by atoms with Crippen LogP contribution in [0.5, 0.6) is 0 Å². The van der Waals surface area contributed by atoms with E-state index in [1.165, 1.54) is 0 Å². The summed E-state index contributed by atoms with van der Waals surface area (Å²) < 4.78 is 4.99. The second kappa shape index (κ2) is 8.64. The van der Waals surface area contributed by atoms with Crippen molar-refractivity contribution in [2.75, 3.05) is 26.4 Å². The number of nitrogens with two attached hydrogens (primary N) is 1. The summed E-state index contributed by atoms with van der Waals surface area (Å²) in [5, 5.41) is 11.1. The van der Waals surface area contributed by atoms with Crippen LogP contribution in [0.2, 0.25) is 0 Å². The molecule has 2 atom stereocenters. The van der Waals surface area contributed by atoms with Crippen molar-refractivity contribution in [2.45, 2.75) is 26.3 Å². The van der Waals surface area contributed by atoms with Gasteiger partial charge < -0.3 is 20.9 Å². The quantitative estimate of drug-likeness (QED) is 0.479. The molecule has 90 valence electrons. The van der Waals surface area contributed by atoms with Crippen LogP contribution < -0.4 is 11.1 Å². The Morgan fingerprint density at radius 3 is 2.73 bits per heavy atom. The zero-order valence-electron chi connectivity index (χ0n) is 9.53. The number of hydrogen-bond acceptors (Lipinski definition) is 4. The van der Waals surface area contributed by atoms with Gasteiger partial charge in [0.25, 0.3) is 0 Å². The van der Waals surface area contributed by atoms with Crippen molar-refractivity contribution in [3.8, 4) is 0 Å². The maximum absolute atomic E-state index is 11.4. The zero-order valence-corrected chi connectivity index (χ0v) is 9.53. The van der Waals surface area contributed by atoms with Gasteiger partial charge in [-0.3, -0.25) is 4.79 Å². The van der Waals surface area contributed by atoms with E-state index in [1.54, 1.807) is 0 Å². The largest absolute Gasteiger partial charge is 0.394 e. The molecule has 0 aliphatic rings. The molecule has 5 heteroatoms. The first kappa shape index (κ1) is 14.3. The van der Waals surface area contributed by atoms with E-state index in [2.05, 4.69) is 5.32 Å². The molecule has 0 aliphatic carbocycles. The lowest BCUT2D eigenvalue weighted by Gasteiger charge is -2.17. The summed E-state index contributed by atoms with van der Waals surface area (Å²) in [6.07, 6.45) is 0.885. The van der Waals surface area contributed by atoms with E-state index in [1.807, 2.05) is 13.8 Å². The van der Waals surface area contributed by atoms with Crippen molar-refractivity contribution in [1.82, 2.24) is 5.32 Å². The molecule has 0 rings (SSSR count). The van der Waals surface area contributed by atoms with E-state index in [0.29, 0.717) is 19.8 Å². The minimum absolute atomic E-state index is 0.000326. The molecule has 1 amide bonds. The summed E-state index contributed by atoms with van der Waals surface area (Å²) in [7, 11) is 0. The standard InChI is InChI=1S/C10H22N2O3/c1-3-8(2)9(11)10(14)12-4-6-15-7-5-13/h8-9,13H,3-7,11H2,1-2H3,(H,12,14)/t8-,9-/m0/s1. The maximum atomic E-state index is 11.4. The molecule has 0 aliphatic heterocycles. The Hall–Kier alpha value is -0.650. The molecule has 15 heavy (non-hydrogen) atoms. The first-order chi connectivity index (χ1) is 7.13. The fraction of sp³-hybridized carbons (Fsp3) is 0.900. The van der Waals surface area contributed by atoms with E-state index < -0.39 is 6.04 Å². The van der Waals surface area contributed by atoms with E-state index in [9.17, 15) is 4.79 Å². The van der Waals surface area contributed by atoms with Crippen molar-refractivity contribution in [1.29, 1.82) is 0 Å². The van der Waals surface area contributed by atoms with Crippen LogP contribution in [0.15, 0.2) is 0 Å². The highest BCUT2D eigenvalue weighted by molar-refractivity contribution is 5.81. The van der Waals surface area contributed by atoms with Crippen LogP contribution in [0.4, 0.5) is 0 Å². The van der Waals surface area contributed by atoms with Gasteiger partial charge in [0, 0.05) is 6.54 Å². The number of aliphatic hydroxyl groups is 1. The lowest BCUT2D eigenvalue weighted by atomic mass is 9.99. The Bertz CT molecular complexity index is 176. The molecule has 0 unspecified atom stereocenters. The molecule has 0 saturated heterocycles. The average molecular weight is 218 g/mol. The first-order valence-electron chi connectivity index (χ1n) is 5.35. The molecule has 0 spiro atoms. The molecule has 4 N–H and O–H groups in total. The molecule has 0 heterocycles. The molecule has 0 aromatic rings. The highest BCUT2D eigenvalue weighted by Gasteiger charge is 2.18. The van der Waals surface area contributed by atoms with Crippen molar-refractivity contribution in [3.05, 3.63) is 0 Å². The number of ether oxygens (including phenoxy) is 1. The monoisotopic (exact) mass is 218 g/mol. The van der Waals surface area contributed by atoms with E-state index in [-0.39, 0.29) is 18.4 Å². The van der Waals surface area contributed by atoms with Crippen LogP contribution in [0.25, 0.3) is 0 Å². The second-order valence-electron chi connectivity index (χ2n) is 3.54. The van der Waals surface area contributed by atoms with Crippen molar-refractivity contribution in [2.24, 2.45) is 11.7 Å². The van der Waals surface area contributed by atoms with E-state index >= 15 is 0 Å². The molecule has 5 nitrogen and oxygen atoms in total. The Labute approximate surface area is 91.0 Å². The molecular formula is C10H22N2O3. The normalized spacial score (nSPS) is 14.7. The highest BCUT2D eigenvalue weighted by Crippen LogP contribution is 2.04. The summed E-state index contributed by atoms with van der Waals surface area (Å²) in [6, 6.07) is -0.451. The number of carbonyl (C=O) groups is 1.